The lowest BCUT2D eigenvalue weighted by Crippen LogP contribution is -2.18. The molecular formula is C19H25N. The maximum absolute atomic E-state index is 3.52. The van der Waals surface area contributed by atoms with Crippen LogP contribution < -0.4 is 5.32 Å². The fourth-order valence-corrected chi connectivity index (χ4v) is 3.12. The van der Waals surface area contributed by atoms with Crippen molar-refractivity contribution in [3.63, 3.8) is 0 Å². The summed E-state index contributed by atoms with van der Waals surface area (Å²) >= 11 is 0. The molecule has 0 radical (unpaired) electrons. The second-order valence-corrected chi connectivity index (χ2v) is 5.64. The highest BCUT2D eigenvalue weighted by Gasteiger charge is 2.14. The summed E-state index contributed by atoms with van der Waals surface area (Å²) in [5, 5.41) is 3.52. The fourth-order valence-electron chi connectivity index (χ4n) is 3.12. The molecule has 0 spiro atoms. The number of aryl methyl sites for hydroxylation is 3. The molecule has 0 saturated heterocycles. The van der Waals surface area contributed by atoms with Gasteiger partial charge in [-0.1, -0.05) is 48.9 Å². The van der Waals surface area contributed by atoms with Gasteiger partial charge in [-0.15, -0.1) is 0 Å². The lowest BCUT2D eigenvalue weighted by molar-refractivity contribution is 0.599. The molecule has 0 aromatic heterocycles. The largest absolute Gasteiger partial charge is 0.310 e. The molecule has 2 rings (SSSR count). The van der Waals surface area contributed by atoms with E-state index >= 15 is 0 Å². The zero-order valence-electron chi connectivity index (χ0n) is 13.2. The maximum atomic E-state index is 3.52. The number of rotatable bonds is 4. The SMILES string of the molecule is CCNC(C)c1ccccc1-c1c(C)cc(C)cc1C. The van der Waals surface area contributed by atoms with Gasteiger partial charge in [0.25, 0.3) is 0 Å². The first-order valence-corrected chi connectivity index (χ1v) is 7.45. The minimum Gasteiger partial charge on any atom is -0.310 e. The van der Waals surface area contributed by atoms with Crippen LogP contribution in [-0.4, -0.2) is 6.54 Å². The summed E-state index contributed by atoms with van der Waals surface area (Å²) in [6, 6.07) is 13.7. The summed E-state index contributed by atoms with van der Waals surface area (Å²) in [6.07, 6.45) is 0. The molecule has 0 saturated carbocycles. The lowest BCUT2D eigenvalue weighted by atomic mass is 9.89. The molecule has 1 unspecified atom stereocenters. The van der Waals surface area contributed by atoms with E-state index in [0.29, 0.717) is 6.04 Å². The van der Waals surface area contributed by atoms with Gasteiger partial charge in [0.1, 0.15) is 0 Å². The van der Waals surface area contributed by atoms with Crippen molar-refractivity contribution in [3.8, 4) is 11.1 Å². The van der Waals surface area contributed by atoms with Gasteiger partial charge in [-0.05, 0) is 62.1 Å². The van der Waals surface area contributed by atoms with Crippen LogP contribution in [0.2, 0.25) is 0 Å². The minimum absolute atomic E-state index is 0.372. The van der Waals surface area contributed by atoms with Crippen molar-refractivity contribution in [2.75, 3.05) is 6.54 Å². The van der Waals surface area contributed by atoms with Crippen LogP contribution in [-0.2, 0) is 0 Å². The van der Waals surface area contributed by atoms with Gasteiger partial charge in [0.2, 0.25) is 0 Å². The molecule has 0 aliphatic rings. The highest BCUT2D eigenvalue weighted by atomic mass is 14.9. The summed E-state index contributed by atoms with van der Waals surface area (Å²) in [5.74, 6) is 0. The van der Waals surface area contributed by atoms with Crippen molar-refractivity contribution in [1.82, 2.24) is 5.32 Å². The Hall–Kier alpha value is -1.60. The third-order valence-electron chi connectivity index (χ3n) is 3.88. The van der Waals surface area contributed by atoms with Crippen molar-refractivity contribution in [3.05, 3.63) is 58.7 Å². The van der Waals surface area contributed by atoms with E-state index < -0.39 is 0 Å². The molecule has 20 heavy (non-hydrogen) atoms. The van der Waals surface area contributed by atoms with Crippen LogP contribution >= 0.6 is 0 Å². The molecule has 0 amide bonds. The molecule has 0 bridgehead atoms. The molecule has 0 aliphatic heterocycles. The Bertz CT molecular complexity index is 575. The van der Waals surface area contributed by atoms with E-state index in [1.54, 1.807) is 0 Å². The average molecular weight is 267 g/mol. The Labute approximate surface area is 123 Å². The van der Waals surface area contributed by atoms with Crippen LogP contribution in [0.15, 0.2) is 36.4 Å². The van der Waals surface area contributed by atoms with Crippen molar-refractivity contribution < 1.29 is 0 Å². The maximum Gasteiger partial charge on any atom is 0.0297 e. The van der Waals surface area contributed by atoms with Crippen molar-refractivity contribution in [1.29, 1.82) is 0 Å². The smallest absolute Gasteiger partial charge is 0.0297 e. The third-order valence-corrected chi connectivity index (χ3v) is 3.88. The number of benzene rings is 2. The van der Waals surface area contributed by atoms with Gasteiger partial charge in [0, 0.05) is 6.04 Å². The topological polar surface area (TPSA) is 12.0 Å². The highest BCUT2D eigenvalue weighted by Crippen LogP contribution is 2.33. The molecule has 1 atom stereocenters. The normalized spacial score (nSPS) is 12.4. The molecule has 1 N–H and O–H groups in total. The highest BCUT2D eigenvalue weighted by molar-refractivity contribution is 5.74. The van der Waals surface area contributed by atoms with Crippen molar-refractivity contribution >= 4 is 0 Å². The molecule has 0 aliphatic carbocycles. The Morgan fingerprint density at radius 1 is 1.00 bits per heavy atom. The molecule has 106 valence electrons. The van der Waals surface area contributed by atoms with Crippen LogP contribution in [0.4, 0.5) is 0 Å². The second-order valence-electron chi connectivity index (χ2n) is 5.64. The zero-order valence-corrected chi connectivity index (χ0v) is 13.2. The van der Waals surface area contributed by atoms with Crippen LogP contribution in [0, 0.1) is 20.8 Å². The van der Waals surface area contributed by atoms with E-state index in [0.717, 1.165) is 6.54 Å². The molecule has 0 fully saturated rings. The minimum atomic E-state index is 0.372. The molecule has 2 aromatic carbocycles. The van der Waals surface area contributed by atoms with Crippen molar-refractivity contribution in [2.45, 2.75) is 40.7 Å². The Kier molecular flexibility index (Phi) is 4.61. The second kappa shape index (κ2) is 6.23. The van der Waals surface area contributed by atoms with E-state index in [-0.39, 0.29) is 0 Å². The van der Waals surface area contributed by atoms with Gasteiger partial charge >= 0.3 is 0 Å². The van der Waals surface area contributed by atoms with E-state index in [1.807, 2.05) is 0 Å². The van der Waals surface area contributed by atoms with E-state index in [1.165, 1.54) is 33.4 Å². The van der Waals surface area contributed by atoms with Gasteiger partial charge < -0.3 is 5.32 Å². The molecule has 1 heteroatoms. The quantitative estimate of drug-likeness (QED) is 0.826. The Morgan fingerprint density at radius 2 is 1.60 bits per heavy atom. The van der Waals surface area contributed by atoms with Crippen LogP contribution in [0.1, 0.15) is 42.1 Å². The Balaban J connectivity index is 2.59. The first-order valence-electron chi connectivity index (χ1n) is 7.45. The molecular weight excluding hydrogens is 242 g/mol. The number of nitrogens with one attached hydrogen (secondary N) is 1. The van der Waals surface area contributed by atoms with Gasteiger partial charge in [0.15, 0.2) is 0 Å². The standard InChI is InChI=1S/C19H25N/c1-6-20-16(5)17-9-7-8-10-18(17)19-14(3)11-13(2)12-15(19)4/h7-12,16,20H,6H2,1-5H3. The summed E-state index contributed by atoms with van der Waals surface area (Å²) < 4.78 is 0. The molecule has 0 heterocycles. The van der Waals surface area contributed by atoms with Gasteiger partial charge in [-0.25, -0.2) is 0 Å². The van der Waals surface area contributed by atoms with E-state index in [4.69, 9.17) is 0 Å². The first kappa shape index (κ1) is 14.8. The fraction of sp³-hybridized carbons (Fsp3) is 0.368. The van der Waals surface area contributed by atoms with Gasteiger partial charge in [-0.2, -0.15) is 0 Å². The van der Waals surface area contributed by atoms with Gasteiger partial charge in [0.05, 0.1) is 0 Å². The zero-order chi connectivity index (χ0) is 14.7. The summed E-state index contributed by atoms with van der Waals surface area (Å²) in [5.41, 5.74) is 8.18. The van der Waals surface area contributed by atoms with Crippen LogP contribution in [0.5, 0.6) is 0 Å². The van der Waals surface area contributed by atoms with Gasteiger partial charge in [-0.3, -0.25) is 0 Å². The van der Waals surface area contributed by atoms with Crippen LogP contribution in [0.25, 0.3) is 11.1 Å². The summed E-state index contributed by atoms with van der Waals surface area (Å²) in [4.78, 5) is 0. The van der Waals surface area contributed by atoms with E-state index in [9.17, 15) is 0 Å². The third kappa shape index (κ3) is 2.94. The molecule has 2 aromatic rings. The summed E-state index contributed by atoms with van der Waals surface area (Å²) in [7, 11) is 0. The monoisotopic (exact) mass is 267 g/mol. The average Bonchev–Trinajstić information content (AvgIpc) is 2.38. The Morgan fingerprint density at radius 3 is 2.20 bits per heavy atom. The summed E-state index contributed by atoms with van der Waals surface area (Å²) in [6.45, 7) is 12.0. The van der Waals surface area contributed by atoms with Crippen LogP contribution in [0.3, 0.4) is 0 Å². The first-order chi connectivity index (χ1) is 9.54. The molecule has 1 nitrogen and oxygen atoms in total. The number of hydrogen-bond acceptors (Lipinski definition) is 1. The predicted molar refractivity (Wildman–Crippen MR) is 88.2 cm³/mol. The van der Waals surface area contributed by atoms with E-state index in [2.05, 4.69) is 76.3 Å². The number of hydrogen-bond donors (Lipinski definition) is 1. The lowest BCUT2D eigenvalue weighted by Gasteiger charge is -2.20. The van der Waals surface area contributed by atoms with Crippen molar-refractivity contribution in [2.24, 2.45) is 0 Å². The predicted octanol–water partition coefficient (Wildman–Crippen LogP) is 4.95.